The minimum atomic E-state index is -0.109. The topological polar surface area (TPSA) is 76.5 Å². The van der Waals surface area contributed by atoms with Gasteiger partial charge in [0.2, 0.25) is 0 Å². The number of pyridine rings is 3. The van der Waals surface area contributed by atoms with Gasteiger partial charge in [0.15, 0.2) is 0 Å². The molecule has 4 aromatic heterocycles. The highest BCUT2D eigenvalue weighted by Gasteiger charge is 2.18. The second-order valence-corrected chi connectivity index (χ2v) is 6.63. The molecule has 0 aliphatic rings. The van der Waals surface area contributed by atoms with Crippen molar-refractivity contribution < 1.29 is 0 Å². The van der Waals surface area contributed by atoms with E-state index in [-0.39, 0.29) is 5.56 Å². The summed E-state index contributed by atoms with van der Waals surface area (Å²) in [5.74, 6) is 0. The van der Waals surface area contributed by atoms with Crippen molar-refractivity contribution in [2.24, 2.45) is 0 Å². The van der Waals surface area contributed by atoms with Gasteiger partial charge >= 0.3 is 0 Å². The van der Waals surface area contributed by atoms with Crippen LogP contribution in [0.15, 0.2) is 78.0 Å². The minimum absolute atomic E-state index is 0.109. The molecule has 0 spiro atoms. The van der Waals surface area contributed by atoms with Crippen LogP contribution in [0.3, 0.4) is 0 Å². The number of para-hydroxylation sites is 1. The van der Waals surface area contributed by atoms with Crippen LogP contribution in [0.2, 0.25) is 0 Å². The second-order valence-electron chi connectivity index (χ2n) is 6.63. The van der Waals surface area contributed by atoms with Gasteiger partial charge < -0.3 is 0 Å². The molecule has 136 valence electrons. The number of nitrogens with one attached hydrogen (secondary N) is 1. The molecule has 5 rings (SSSR count). The average Bonchev–Trinajstić information content (AvgIpc) is 3.19. The molecule has 0 atom stereocenters. The standard InChI is InChI=1S/C22H17N5O/c28-22-19-18(11-10-15-6-4-12-23-14-15)25-26-20(19)17-9-5-13-24-21(17)27(22)16-7-2-1-3-8-16/h1-9,12-14H,10-11H2,(H,25,26). The van der Waals surface area contributed by atoms with E-state index in [2.05, 4.69) is 20.2 Å². The summed E-state index contributed by atoms with van der Waals surface area (Å²) in [6, 6.07) is 17.4. The number of aromatic nitrogens is 5. The number of rotatable bonds is 4. The third kappa shape index (κ3) is 2.66. The van der Waals surface area contributed by atoms with Crippen LogP contribution >= 0.6 is 0 Å². The van der Waals surface area contributed by atoms with Crippen molar-refractivity contribution in [3.8, 4) is 5.69 Å². The van der Waals surface area contributed by atoms with Gasteiger partial charge in [-0.2, -0.15) is 5.10 Å². The highest BCUT2D eigenvalue weighted by molar-refractivity contribution is 6.03. The van der Waals surface area contributed by atoms with Gasteiger partial charge in [-0.15, -0.1) is 0 Å². The Morgan fingerprint density at radius 1 is 0.929 bits per heavy atom. The molecule has 6 nitrogen and oxygen atoms in total. The summed E-state index contributed by atoms with van der Waals surface area (Å²) in [6.07, 6.45) is 6.72. The van der Waals surface area contributed by atoms with Gasteiger partial charge in [-0.25, -0.2) is 4.98 Å². The summed E-state index contributed by atoms with van der Waals surface area (Å²) in [6.45, 7) is 0. The van der Waals surface area contributed by atoms with E-state index in [1.165, 1.54) is 0 Å². The van der Waals surface area contributed by atoms with Crippen LogP contribution in [0, 0.1) is 0 Å². The molecule has 0 amide bonds. The zero-order chi connectivity index (χ0) is 18.9. The third-order valence-corrected chi connectivity index (χ3v) is 4.91. The SMILES string of the molecule is O=c1c2c(CCc3cccnc3)n[nH]c2c2cccnc2n1-c1ccccc1. The zero-order valence-electron chi connectivity index (χ0n) is 15.0. The molecule has 0 unspecified atom stereocenters. The molecule has 28 heavy (non-hydrogen) atoms. The van der Waals surface area contributed by atoms with E-state index in [4.69, 9.17) is 0 Å². The molecule has 0 aliphatic carbocycles. The Balaban J connectivity index is 1.73. The molecule has 5 aromatic rings. The number of hydrogen-bond acceptors (Lipinski definition) is 4. The highest BCUT2D eigenvalue weighted by atomic mass is 16.1. The molecule has 0 saturated heterocycles. The van der Waals surface area contributed by atoms with Crippen LogP contribution in [0.25, 0.3) is 27.6 Å². The Morgan fingerprint density at radius 2 is 1.79 bits per heavy atom. The average molecular weight is 367 g/mol. The van der Waals surface area contributed by atoms with Gasteiger partial charge in [0.05, 0.1) is 22.3 Å². The van der Waals surface area contributed by atoms with Gasteiger partial charge in [0.1, 0.15) is 5.65 Å². The van der Waals surface area contributed by atoms with Crippen molar-refractivity contribution in [3.05, 3.63) is 94.8 Å². The number of hydrogen-bond donors (Lipinski definition) is 1. The molecule has 0 bridgehead atoms. The van der Waals surface area contributed by atoms with E-state index in [0.717, 1.165) is 34.3 Å². The molecule has 0 saturated carbocycles. The van der Waals surface area contributed by atoms with Crippen LogP contribution in [-0.2, 0) is 12.8 Å². The van der Waals surface area contributed by atoms with Gasteiger partial charge in [-0.1, -0.05) is 24.3 Å². The number of aryl methyl sites for hydroxylation is 2. The summed E-state index contributed by atoms with van der Waals surface area (Å²) < 4.78 is 1.67. The molecular formula is C22H17N5O. The van der Waals surface area contributed by atoms with Gasteiger partial charge in [-0.05, 0) is 48.7 Å². The fourth-order valence-corrected chi connectivity index (χ4v) is 3.59. The normalized spacial score (nSPS) is 11.3. The van der Waals surface area contributed by atoms with E-state index in [9.17, 15) is 4.79 Å². The molecule has 1 aromatic carbocycles. The smallest absolute Gasteiger partial charge is 0.268 e. The van der Waals surface area contributed by atoms with Crippen molar-refractivity contribution in [3.63, 3.8) is 0 Å². The fraction of sp³-hybridized carbons (Fsp3) is 0.0909. The van der Waals surface area contributed by atoms with E-state index >= 15 is 0 Å². The zero-order valence-corrected chi connectivity index (χ0v) is 15.0. The maximum atomic E-state index is 13.5. The first-order chi connectivity index (χ1) is 13.8. The first-order valence-corrected chi connectivity index (χ1v) is 9.14. The lowest BCUT2D eigenvalue weighted by molar-refractivity contribution is 0.893. The third-order valence-electron chi connectivity index (χ3n) is 4.91. The maximum Gasteiger partial charge on any atom is 0.268 e. The Bertz CT molecular complexity index is 1320. The highest BCUT2D eigenvalue weighted by Crippen LogP contribution is 2.24. The molecule has 0 aliphatic heterocycles. The van der Waals surface area contributed by atoms with Crippen LogP contribution in [0.5, 0.6) is 0 Å². The van der Waals surface area contributed by atoms with Crippen molar-refractivity contribution in [1.29, 1.82) is 0 Å². The van der Waals surface area contributed by atoms with E-state index in [0.29, 0.717) is 17.5 Å². The van der Waals surface area contributed by atoms with Crippen LogP contribution in [-0.4, -0.2) is 24.7 Å². The van der Waals surface area contributed by atoms with E-state index in [1.807, 2.05) is 60.8 Å². The number of nitrogens with zero attached hydrogens (tertiary/aromatic N) is 4. The summed E-state index contributed by atoms with van der Waals surface area (Å²) in [5.41, 5.74) is 3.92. The van der Waals surface area contributed by atoms with E-state index < -0.39 is 0 Å². The lowest BCUT2D eigenvalue weighted by Gasteiger charge is -2.10. The molecule has 1 N–H and O–H groups in total. The number of H-pyrrole nitrogens is 1. The van der Waals surface area contributed by atoms with Gasteiger partial charge in [-0.3, -0.25) is 19.4 Å². The van der Waals surface area contributed by atoms with Crippen molar-refractivity contribution in [2.45, 2.75) is 12.8 Å². The monoisotopic (exact) mass is 367 g/mol. The Hall–Kier alpha value is -3.80. The Morgan fingerprint density at radius 3 is 2.61 bits per heavy atom. The molecule has 0 radical (unpaired) electrons. The van der Waals surface area contributed by atoms with Gasteiger partial charge in [0, 0.05) is 24.0 Å². The van der Waals surface area contributed by atoms with E-state index in [1.54, 1.807) is 17.0 Å². The van der Waals surface area contributed by atoms with Crippen LogP contribution in [0.4, 0.5) is 0 Å². The summed E-state index contributed by atoms with van der Waals surface area (Å²) in [7, 11) is 0. The predicted molar refractivity (Wildman–Crippen MR) is 109 cm³/mol. The first-order valence-electron chi connectivity index (χ1n) is 9.14. The van der Waals surface area contributed by atoms with Crippen molar-refractivity contribution in [1.82, 2.24) is 24.7 Å². The molecule has 6 heteroatoms. The summed E-state index contributed by atoms with van der Waals surface area (Å²) in [5, 5.41) is 9.03. The number of benzene rings is 1. The number of aromatic amines is 1. The molecular weight excluding hydrogens is 350 g/mol. The second kappa shape index (κ2) is 6.74. The maximum absolute atomic E-state index is 13.5. The molecule has 4 heterocycles. The number of fused-ring (bicyclic) bond motifs is 3. The quantitative estimate of drug-likeness (QED) is 0.528. The fourth-order valence-electron chi connectivity index (χ4n) is 3.59. The minimum Gasteiger partial charge on any atom is -0.277 e. The Labute approximate surface area is 160 Å². The predicted octanol–water partition coefficient (Wildman–Crippen LogP) is 3.44. The van der Waals surface area contributed by atoms with Gasteiger partial charge in [0.25, 0.3) is 5.56 Å². The Kier molecular flexibility index (Phi) is 3.94. The van der Waals surface area contributed by atoms with Crippen molar-refractivity contribution in [2.75, 3.05) is 0 Å². The van der Waals surface area contributed by atoms with Crippen molar-refractivity contribution >= 4 is 21.9 Å². The lowest BCUT2D eigenvalue weighted by atomic mass is 10.1. The molecule has 0 fully saturated rings. The summed E-state index contributed by atoms with van der Waals surface area (Å²) in [4.78, 5) is 22.1. The van der Waals surface area contributed by atoms with Crippen LogP contribution in [0.1, 0.15) is 11.3 Å². The first kappa shape index (κ1) is 16.4. The van der Waals surface area contributed by atoms with Crippen LogP contribution < -0.4 is 5.56 Å². The lowest BCUT2D eigenvalue weighted by Crippen LogP contribution is -2.20. The largest absolute Gasteiger partial charge is 0.277 e. The summed E-state index contributed by atoms with van der Waals surface area (Å²) >= 11 is 0.